The molecular weight excluding hydrogens is 341 g/mol. The van der Waals surface area contributed by atoms with Gasteiger partial charge in [0, 0.05) is 25.3 Å². The van der Waals surface area contributed by atoms with Crippen molar-refractivity contribution in [2.75, 3.05) is 31.5 Å². The van der Waals surface area contributed by atoms with Gasteiger partial charge in [0.1, 0.15) is 5.82 Å². The standard InChI is InChI=1S/C22H26FN3O/c23-19-9-6-10-20(21(19)22(24)27)25-13-4-5-14-26-15-11-18(12-16-26)17-7-2-1-3-8-17/h1-3,6-11,25H,4-5,12-16H2,(H2,24,27). The topological polar surface area (TPSA) is 58.4 Å². The third-order valence-corrected chi connectivity index (χ3v) is 4.91. The van der Waals surface area contributed by atoms with Crippen LogP contribution in [0.25, 0.3) is 5.57 Å². The number of halogens is 1. The zero-order chi connectivity index (χ0) is 19.1. The van der Waals surface area contributed by atoms with Gasteiger partial charge in [-0.3, -0.25) is 9.69 Å². The average Bonchev–Trinajstić information content (AvgIpc) is 2.68. The van der Waals surface area contributed by atoms with E-state index in [0.29, 0.717) is 12.2 Å². The highest BCUT2D eigenvalue weighted by molar-refractivity contribution is 5.98. The van der Waals surface area contributed by atoms with Gasteiger partial charge in [-0.15, -0.1) is 0 Å². The SMILES string of the molecule is NC(=O)c1c(F)cccc1NCCCCN1CC=C(c2ccccc2)CC1. The number of unbranched alkanes of at least 4 members (excludes halogenated alkanes) is 1. The number of nitrogens with zero attached hydrogens (tertiary/aromatic N) is 1. The molecule has 0 saturated heterocycles. The van der Waals surface area contributed by atoms with E-state index in [4.69, 9.17) is 5.73 Å². The number of nitrogens with two attached hydrogens (primary N) is 1. The Hall–Kier alpha value is -2.66. The first kappa shape index (κ1) is 19.1. The minimum Gasteiger partial charge on any atom is -0.384 e. The van der Waals surface area contributed by atoms with Gasteiger partial charge in [0.15, 0.2) is 0 Å². The van der Waals surface area contributed by atoms with E-state index in [2.05, 4.69) is 40.6 Å². The van der Waals surface area contributed by atoms with Crippen molar-refractivity contribution in [3.8, 4) is 0 Å². The lowest BCUT2D eigenvalue weighted by molar-refractivity contribution is 0.0997. The van der Waals surface area contributed by atoms with E-state index in [0.717, 1.165) is 38.9 Å². The monoisotopic (exact) mass is 367 g/mol. The maximum atomic E-state index is 13.7. The van der Waals surface area contributed by atoms with Gasteiger partial charge < -0.3 is 11.1 Å². The quantitative estimate of drug-likeness (QED) is 0.696. The van der Waals surface area contributed by atoms with E-state index in [1.807, 2.05) is 6.07 Å². The van der Waals surface area contributed by atoms with Crippen LogP contribution >= 0.6 is 0 Å². The maximum Gasteiger partial charge on any atom is 0.253 e. The van der Waals surface area contributed by atoms with E-state index < -0.39 is 11.7 Å². The van der Waals surface area contributed by atoms with Gasteiger partial charge in [-0.1, -0.05) is 42.5 Å². The van der Waals surface area contributed by atoms with Gasteiger partial charge in [0.05, 0.1) is 5.56 Å². The minimum atomic E-state index is -0.745. The molecule has 3 rings (SSSR count). The summed E-state index contributed by atoms with van der Waals surface area (Å²) in [6.07, 6.45) is 5.39. The lowest BCUT2D eigenvalue weighted by Crippen LogP contribution is -2.29. The van der Waals surface area contributed by atoms with Gasteiger partial charge in [0.25, 0.3) is 5.91 Å². The van der Waals surface area contributed by atoms with Crippen LogP contribution in [0.2, 0.25) is 0 Å². The first-order valence-electron chi connectivity index (χ1n) is 9.44. The number of carbonyl (C=O) groups excluding carboxylic acids is 1. The van der Waals surface area contributed by atoms with Crippen LogP contribution in [0.3, 0.4) is 0 Å². The molecule has 3 N–H and O–H groups in total. The first-order valence-corrected chi connectivity index (χ1v) is 9.44. The molecule has 5 heteroatoms. The number of anilines is 1. The molecule has 0 spiro atoms. The molecule has 0 unspecified atom stereocenters. The van der Waals surface area contributed by atoms with Crippen molar-refractivity contribution in [3.05, 3.63) is 71.6 Å². The smallest absolute Gasteiger partial charge is 0.253 e. The van der Waals surface area contributed by atoms with Crippen LogP contribution in [0.1, 0.15) is 35.2 Å². The van der Waals surface area contributed by atoms with Crippen molar-refractivity contribution < 1.29 is 9.18 Å². The molecule has 27 heavy (non-hydrogen) atoms. The summed E-state index contributed by atoms with van der Waals surface area (Å²) in [5.74, 6) is -1.33. The molecule has 2 aromatic rings. The second-order valence-electron chi connectivity index (χ2n) is 6.81. The summed E-state index contributed by atoms with van der Waals surface area (Å²) in [6.45, 7) is 3.77. The van der Waals surface area contributed by atoms with Gasteiger partial charge in [-0.2, -0.15) is 0 Å². The van der Waals surface area contributed by atoms with Crippen LogP contribution < -0.4 is 11.1 Å². The van der Waals surface area contributed by atoms with Gasteiger partial charge >= 0.3 is 0 Å². The Kier molecular flexibility index (Phi) is 6.60. The zero-order valence-corrected chi connectivity index (χ0v) is 15.5. The second-order valence-corrected chi connectivity index (χ2v) is 6.81. The number of hydrogen-bond acceptors (Lipinski definition) is 3. The van der Waals surface area contributed by atoms with E-state index >= 15 is 0 Å². The van der Waals surface area contributed by atoms with E-state index in [9.17, 15) is 9.18 Å². The molecule has 0 bridgehead atoms. The number of benzene rings is 2. The highest BCUT2D eigenvalue weighted by atomic mass is 19.1. The Bertz CT molecular complexity index is 804. The molecule has 0 saturated carbocycles. The third kappa shape index (κ3) is 5.17. The Morgan fingerprint density at radius 1 is 1.11 bits per heavy atom. The molecule has 4 nitrogen and oxygen atoms in total. The summed E-state index contributed by atoms with van der Waals surface area (Å²) in [4.78, 5) is 13.8. The maximum absolute atomic E-state index is 13.7. The molecule has 142 valence electrons. The molecule has 2 aromatic carbocycles. The van der Waals surface area contributed by atoms with Crippen LogP contribution in [-0.4, -0.2) is 37.0 Å². The average molecular weight is 367 g/mol. The number of rotatable bonds is 8. The predicted molar refractivity (Wildman–Crippen MR) is 108 cm³/mol. The van der Waals surface area contributed by atoms with E-state index in [1.54, 1.807) is 12.1 Å². The zero-order valence-electron chi connectivity index (χ0n) is 15.5. The number of amides is 1. The molecule has 0 fully saturated rings. The Morgan fingerprint density at radius 3 is 2.63 bits per heavy atom. The van der Waals surface area contributed by atoms with Crippen LogP contribution in [0.5, 0.6) is 0 Å². The summed E-state index contributed by atoms with van der Waals surface area (Å²) in [6, 6.07) is 15.1. The number of primary amides is 1. The second kappa shape index (κ2) is 9.33. The van der Waals surface area contributed by atoms with Crippen LogP contribution in [0, 0.1) is 5.82 Å². The Balaban J connectivity index is 1.40. The van der Waals surface area contributed by atoms with Crippen molar-refractivity contribution in [2.24, 2.45) is 5.73 Å². The lowest BCUT2D eigenvalue weighted by atomic mass is 9.99. The molecule has 0 aromatic heterocycles. The summed E-state index contributed by atoms with van der Waals surface area (Å²) in [7, 11) is 0. The van der Waals surface area contributed by atoms with E-state index in [-0.39, 0.29) is 5.56 Å². The predicted octanol–water partition coefficient (Wildman–Crippen LogP) is 3.91. The molecular formula is C22H26FN3O. The van der Waals surface area contributed by atoms with Crippen molar-refractivity contribution >= 4 is 17.2 Å². The molecule has 0 aliphatic carbocycles. The number of hydrogen-bond donors (Lipinski definition) is 2. The van der Waals surface area contributed by atoms with Crippen LogP contribution in [0.15, 0.2) is 54.6 Å². The van der Waals surface area contributed by atoms with E-state index in [1.165, 1.54) is 17.2 Å². The first-order chi connectivity index (χ1) is 13.1. The normalized spacial score (nSPS) is 14.6. The largest absolute Gasteiger partial charge is 0.384 e. The summed E-state index contributed by atoms with van der Waals surface area (Å²) in [5, 5.41) is 3.13. The van der Waals surface area contributed by atoms with Crippen molar-refractivity contribution in [2.45, 2.75) is 19.3 Å². The molecule has 1 aliphatic heterocycles. The fraction of sp³-hybridized carbons (Fsp3) is 0.318. The molecule has 0 atom stereocenters. The van der Waals surface area contributed by atoms with Crippen LogP contribution in [-0.2, 0) is 0 Å². The highest BCUT2D eigenvalue weighted by Gasteiger charge is 2.14. The molecule has 1 amide bonds. The van der Waals surface area contributed by atoms with Gasteiger partial charge in [-0.25, -0.2) is 4.39 Å². The van der Waals surface area contributed by atoms with Gasteiger partial charge in [-0.05, 0) is 49.1 Å². The van der Waals surface area contributed by atoms with Crippen molar-refractivity contribution in [1.29, 1.82) is 0 Å². The Labute approximate surface area is 159 Å². The highest BCUT2D eigenvalue weighted by Crippen LogP contribution is 2.22. The number of carbonyl (C=O) groups is 1. The summed E-state index contributed by atoms with van der Waals surface area (Å²) >= 11 is 0. The van der Waals surface area contributed by atoms with Gasteiger partial charge in [0.2, 0.25) is 0 Å². The summed E-state index contributed by atoms with van der Waals surface area (Å²) < 4.78 is 13.7. The minimum absolute atomic E-state index is 0.0629. The fourth-order valence-corrected chi connectivity index (χ4v) is 3.43. The lowest BCUT2D eigenvalue weighted by Gasteiger charge is -2.26. The fourth-order valence-electron chi connectivity index (χ4n) is 3.43. The van der Waals surface area contributed by atoms with Crippen molar-refractivity contribution in [3.63, 3.8) is 0 Å². The molecule has 1 aliphatic rings. The Morgan fingerprint density at radius 2 is 1.93 bits per heavy atom. The molecule has 1 heterocycles. The summed E-state index contributed by atoms with van der Waals surface area (Å²) in [5.41, 5.74) is 8.42. The third-order valence-electron chi connectivity index (χ3n) is 4.91. The number of nitrogens with one attached hydrogen (secondary N) is 1. The van der Waals surface area contributed by atoms with Crippen LogP contribution in [0.4, 0.5) is 10.1 Å². The molecule has 0 radical (unpaired) electrons. The van der Waals surface area contributed by atoms with Crippen molar-refractivity contribution in [1.82, 2.24) is 4.90 Å².